The van der Waals surface area contributed by atoms with Crippen LogP contribution in [-0.4, -0.2) is 19.5 Å². The molecule has 3 N–H and O–H groups in total. The lowest BCUT2D eigenvalue weighted by atomic mass is 10.1. The van der Waals surface area contributed by atoms with Crippen molar-refractivity contribution in [1.82, 2.24) is 5.32 Å². The summed E-state index contributed by atoms with van der Waals surface area (Å²) >= 11 is 0. The predicted molar refractivity (Wildman–Crippen MR) is 60.3 cm³/mol. The fraction of sp³-hybridized carbons (Fsp3) is 0.364. The topological polar surface area (TPSA) is 73.6 Å². The largest absolute Gasteiger partial charge is 0.573 e. The van der Waals surface area contributed by atoms with Gasteiger partial charge in [0.05, 0.1) is 6.61 Å². The zero-order valence-electron chi connectivity index (χ0n) is 10.1. The van der Waals surface area contributed by atoms with Gasteiger partial charge in [0.2, 0.25) is 0 Å². The van der Waals surface area contributed by atoms with Gasteiger partial charge in [-0.25, -0.2) is 4.79 Å². The zero-order chi connectivity index (χ0) is 14.5. The van der Waals surface area contributed by atoms with E-state index in [0.717, 1.165) is 0 Å². The fourth-order valence-electron chi connectivity index (χ4n) is 1.43. The van der Waals surface area contributed by atoms with Crippen LogP contribution in [0.25, 0.3) is 0 Å². The summed E-state index contributed by atoms with van der Waals surface area (Å²) in [6.45, 7) is 0.0637. The molecule has 5 nitrogen and oxygen atoms in total. The minimum atomic E-state index is -4.80. The maximum absolute atomic E-state index is 12.2. The lowest BCUT2D eigenvalue weighted by Crippen LogP contribution is -2.29. The van der Waals surface area contributed by atoms with Gasteiger partial charge in [0.1, 0.15) is 5.75 Å². The molecule has 106 valence electrons. The van der Waals surface area contributed by atoms with Gasteiger partial charge in [-0.2, -0.15) is 0 Å². The van der Waals surface area contributed by atoms with Crippen molar-refractivity contribution in [3.8, 4) is 5.75 Å². The molecule has 0 spiro atoms. The van der Waals surface area contributed by atoms with Crippen LogP contribution < -0.4 is 15.8 Å². The molecule has 0 aliphatic carbocycles. The number of alkyl halides is 3. The minimum Gasteiger partial charge on any atom is -0.405 e. The summed E-state index contributed by atoms with van der Waals surface area (Å²) in [6.07, 6.45) is -4.80. The molecule has 19 heavy (non-hydrogen) atoms. The Morgan fingerprint density at radius 3 is 2.63 bits per heavy atom. The van der Waals surface area contributed by atoms with Crippen molar-refractivity contribution in [2.75, 3.05) is 7.11 Å². The standard InChI is InChI=1S/C11H13F3N2O3/c1-18-6-7-2-3-9(19-11(12,13)14)8(4-7)5-16-10(15)17/h2-4H,5-6H2,1H3,(H3,15,16,17). The van der Waals surface area contributed by atoms with Crippen LogP contribution in [-0.2, 0) is 17.9 Å². The molecule has 0 atom stereocenters. The molecule has 0 bridgehead atoms. The second-order valence-corrected chi connectivity index (χ2v) is 3.64. The fourth-order valence-corrected chi connectivity index (χ4v) is 1.43. The van der Waals surface area contributed by atoms with Crippen LogP contribution in [0.1, 0.15) is 11.1 Å². The number of methoxy groups -OCH3 is 1. The van der Waals surface area contributed by atoms with Crippen molar-refractivity contribution >= 4 is 6.03 Å². The molecule has 2 amide bonds. The highest BCUT2D eigenvalue weighted by molar-refractivity contribution is 5.71. The first-order valence-corrected chi connectivity index (χ1v) is 5.21. The molecular formula is C11H13F3N2O3. The number of ether oxygens (including phenoxy) is 2. The Hall–Kier alpha value is -1.96. The molecule has 0 aromatic heterocycles. The van der Waals surface area contributed by atoms with Crippen LogP contribution in [0.3, 0.4) is 0 Å². The van der Waals surface area contributed by atoms with Crippen molar-refractivity contribution in [3.05, 3.63) is 29.3 Å². The SMILES string of the molecule is COCc1ccc(OC(F)(F)F)c(CNC(N)=O)c1. The quantitative estimate of drug-likeness (QED) is 0.864. The lowest BCUT2D eigenvalue weighted by molar-refractivity contribution is -0.274. The number of nitrogens with one attached hydrogen (secondary N) is 1. The van der Waals surface area contributed by atoms with E-state index in [2.05, 4.69) is 10.1 Å². The number of carbonyl (C=O) groups is 1. The summed E-state index contributed by atoms with van der Waals surface area (Å²) < 4.78 is 45.4. The van der Waals surface area contributed by atoms with Gasteiger partial charge in [-0.3, -0.25) is 0 Å². The van der Waals surface area contributed by atoms with E-state index in [1.807, 2.05) is 0 Å². The van der Waals surface area contributed by atoms with E-state index in [0.29, 0.717) is 5.56 Å². The van der Waals surface area contributed by atoms with E-state index in [1.165, 1.54) is 25.3 Å². The number of hydrogen-bond acceptors (Lipinski definition) is 3. The number of rotatable bonds is 5. The van der Waals surface area contributed by atoms with E-state index < -0.39 is 12.4 Å². The predicted octanol–water partition coefficient (Wildman–Crippen LogP) is 1.90. The molecule has 0 heterocycles. The van der Waals surface area contributed by atoms with Gasteiger partial charge in [-0.1, -0.05) is 6.07 Å². The third-order valence-electron chi connectivity index (χ3n) is 2.11. The Kier molecular flexibility index (Phi) is 4.99. The molecule has 0 radical (unpaired) electrons. The number of halogens is 3. The summed E-state index contributed by atoms with van der Waals surface area (Å²) in [5, 5.41) is 2.21. The van der Waals surface area contributed by atoms with Gasteiger partial charge >= 0.3 is 12.4 Å². The van der Waals surface area contributed by atoms with Gasteiger partial charge in [0.25, 0.3) is 0 Å². The van der Waals surface area contributed by atoms with Gasteiger partial charge in [0.15, 0.2) is 0 Å². The van der Waals surface area contributed by atoms with Crippen molar-refractivity contribution in [3.63, 3.8) is 0 Å². The molecule has 0 fully saturated rings. The first-order valence-electron chi connectivity index (χ1n) is 5.21. The molecule has 1 aromatic rings. The molecule has 1 rings (SSSR count). The summed E-state index contributed by atoms with van der Waals surface area (Å²) in [7, 11) is 1.46. The van der Waals surface area contributed by atoms with Crippen LogP contribution >= 0.6 is 0 Å². The van der Waals surface area contributed by atoms with Crippen LogP contribution in [0.4, 0.5) is 18.0 Å². The lowest BCUT2D eigenvalue weighted by Gasteiger charge is -2.14. The van der Waals surface area contributed by atoms with Crippen LogP contribution in [0.5, 0.6) is 5.75 Å². The van der Waals surface area contributed by atoms with Crippen molar-refractivity contribution in [2.45, 2.75) is 19.5 Å². The highest BCUT2D eigenvalue weighted by Gasteiger charge is 2.32. The molecule has 0 saturated carbocycles. The first kappa shape index (κ1) is 15.1. The number of carbonyl (C=O) groups excluding carboxylic acids is 1. The molecule has 0 aliphatic rings. The van der Waals surface area contributed by atoms with Crippen molar-refractivity contribution < 1.29 is 27.4 Å². The molecular weight excluding hydrogens is 265 g/mol. The van der Waals surface area contributed by atoms with E-state index in [9.17, 15) is 18.0 Å². The Balaban J connectivity index is 2.96. The first-order chi connectivity index (χ1) is 8.81. The summed E-state index contributed by atoms with van der Waals surface area (Å²) in [5.41, 5.74) is 5.69. The normalized spacial score (nSPS) is 11.2. The number of amides is 2. The monoisotopic (exact) mass is 278 g/mol. The Morgan fingerprint density at radius 2 is 2.11 bits per heavy atom. The number of urea groups is 1. The zero-order valence-corrected chi connectivity index (χ0v) is 10.1. The highest BCUT2D eigenvalue weighted by atomic mass is 19.4. The average Bonchev–Trinajstić information content (AvgIpc) is 2.27. The van der Waals surface area contributed by atoms with E-state index in [4.69, 9.17) is 10.5 Å². The summed E-state index contributed by atoms with van der Waals surface area (Å²) in [5.74, 6) is -0.388. The van der Waals surface area contributed by atoms with E-state index in [-0.39, 0.29) is 24.5 Å². The van der Waals surface area contributed by atoms with Crippen molar-refractivity contribution in [1.29, 1.82) is 0 Å². The third kappa shape index (κ3) is 5.47. The maximum atomic E-state index is 12.2. The second-order valence-electron chi connectivity index (χ2n) is 3.64. The van der Waals surface area contributed by atoms with Crippen LogP contribution in [0.15, 0.2) is 18.2 Å². The van der Waals surface area contributed by atoms with Crippen LogP contribution in [0, 0.1) is 0 Å². The Labute approximate surface area is 107 Å². The number of benzene rings is 1. The number of hydrogen-bond donors (Lipinski definition) is 2. The molecule has 0 aliphatic heterocycles. The number of nitrogens with two attached hydrogens (primary N) is 1. The smallest absolute Gasteiger partial charge is 0.405 e. The van der Waals surface area contributed by atoms with Crippen molar-refractivity contribution in [2.24, 2.45) is 5.73 Å². The van der Waals surface area contributed by atoms with Gasteiger partial charge < -0.3 is 20.5 Å². The molecule has 0 unspecified atom stereocenters. The Bertz CT molecular complexity index is 449. The van der Waals surface area contributed by atoms with Crippen LogP contribution in [0.2, 0.25) is 0 Å². The van der Waals surface area contributed by atoms with Gasteiger partial charge in [-0.05, 0) is 17.7 Å². The minimum absolute atomic E-state index is 0.158. The molecule has 1 aromatic carbocycles. The maximum Gasteiger partial charge on any atom is 0.573 e. The molecule has 0 saturated heterocycles. The second kappa shape index (κ2) is 6.28. The third-order valence-corrected chi connectivity index (χ3v) is 2.11. The van der Waals surface area contributed by atoms with E-state index >= 15 is 0 Å². The van der Waals surface area contributed by atoms with E-state index in [1.54, 1.807) is 0 Å². The number of primary amides is 1. The average molecular weight is 278 g/mol. The summed E-state index contributed by atoms with van der Waals surface area (Å²) in [6, 6.07) is 3.22. The van der Waals surface area contributed by atoms with Gasteiger partial charge in [0, 0.05) is 19.2 Å². The molecule has 8 heteroatoms. The summed E-state index contributed by atoms with van der Waals surface area (Å²) in [4.78, 5) is 10.6. The highest BCUT2D eigenvalue weighted by Crippen LogP contribution is 2.27. The Morgan fingerprint density at radius 1 is 1.42 bits per heavy atom. The van der Waals surface area contributed by atoms with Gasteiger partial charge in [-0.15, -0.1) is 13.2 Å².